The lowest BCUT2D eigenvalue weighted by Gasteiger charge is -2.26. The van der Waals surface area contributed by atoms with E-state index in [2.05, 4.69) is 33.5 Å². The molecule has 2 aromatic rings. The van der Waals surface area contributed by atoms with Gasteiger partial charge in [-0.15, -0.1) is 9.24 Å². The highest BCUT2D eigenvalue weighted by molar-refractivity contribution is 7.27. The van der Waals surface area contributed by atoms with E-state index >= 15 is 0 Å². The van der Waals surface area contributed by atoms with Crippen LogP contribution in [0.25, 0.3) is 11.1 Å². The van der Waals surface area contributed by atoms with Crippen molar-refractivity contribution in [2.75, 3.05) is 0 Å². The Morgan fingerprint density at radius 2 is 1.64 bits per heavy atom. The third-order valence-corrected chi connectivity index (χ3v) is 5.19. The second-order valence-corrected chi connectivity index (χ2v) is 7.05. The van der Waals surface area contributed by atoms with E-state index in [0.717, 1.165) is 24.0 Å². The number of hydrogen-bond donors (Lipinski definition) is 1. The summed E-state index contributed by atoms with van der Waals surface area (Å²) < 4.78 is 13.7. The van der Waals surface area contributed by atoms with E-state index in [1.54, 1.807) is 0 Å². The van der Waals surface area contributed by atoms with Crippen LogP contribution in [0.15, 0.2) is 36.4 Å². The fourth-order valence-electron chi connectivity index (χ4n) is 3.36. The third kappa shape index (κ3) is 3.24. The molecule has 3 rings (SSSR count). The average molecular weight is 315 g/mol. The van der Waals surface area contributed by atoms with Crippen molar-refractivity contribution < 1.29 is 4.39 Å². The van der Waals surface area contributed by atoms with Crippen molar-refractivity contribution in [2.24, 2.45) is 5.73 Å². The van der Waals surface area contributed by atoms with Gasteiger partial charge in [0.05, 0.1) is 0 Å². The lowest BCUT2D eigenvalue weighted by molar-refractivity contribution is 0.395. The quantitative estimate of drug-likeness (QED) is 0.822. The molecular weight excluding hydrogens is 292 g/mol. The second kappa shape index (κ2) is 6.48. The summed E-state index contributed by atoms with van der Waals surface area (Å²) in [6, 6.07) is 12.9. The van der Waals surface area contributed by atoms with Crippen molar-refractivity contribution in [2.45, 2.75) is 44.6 Å². The van der Waals surface area contributed by atoms with Gasteiger partial charge in [0, 0.05) is 11.3 Å². The highest BCUT2D eigenvalue weighted by Crippen LogP contribution is 2.33. The van der Waals surface area contributed by atoms with Gasteiger partial charge in [0.2, 0.25) is 0 Å². The van der Waals surface area contributed by atoms with E-state index in [1.165, 1.54) is 18.4 Å². The summed E-state index contributed by atoms with van der Waals surface area (Å²) in [4.78, 5) is 0. The zero-order chi connectivity index (χ0) is 15.7. The first kappa shape index (κ1) is 15.6. The van der Waals surface area contributed by atoms with Crippen molar-refractivity contribution in [3.63, 3.8) is 0 Å². The van der Waals surface area contributed by atoms with Gasteiger partial charge in [-0.2, -0.15) is 0 Å². The predicted molar refractivity (Wildman–Crippen MR) is 95.1 cm³/mol. The molecule has 0 aromatic heterocycles. The van der Waals surface area contributed by atoms with Crippen molar-refractivity contribution >= 4 is 14.5 Å². The zero-order valence-electron chi connectivity index (χ0n) is 13.0. The number of hydrogen-bond acceptors (Lipinski definition) is 1. The Balaban J connectivity index is 1.82. The Hall–Kier alpha value is -1.24. The molecule has 1 fully saturated rings. The van der Waals surface area contributed by atoms with Crippen molar-refractivity contribution in [1.82, 2.24) is 0 Å². The van der Waals surface area contributed by atoms with E-state index in [9.17, 15) is 4.39 Å². The summed E-state index contributed by atoms with van der Waals surface area (Å²) in [5.41, 5.74) is 10.3. The summed E-state index contributed by atoms with van der Waals surface area (Å²) in [6.45, 7) is 1.81. The fourth-order valence-corrected chi connectivity index (χ4v) is 3.77. The molecule has 116 valence electrons. The van der Waals surface area contributed by atoms with Crippen LogP contribution in [0.2, 0.25) is 0 Å². The first-order chi connectivity index (χ1) is 10.5. The molecule has 1 nitrogen and oxygen atoms in total. The molecule has 1 aliphatic carbocycles. The molecule has 0 aliphatic heterocycles. The molecule has 2 aromatic carbocycles. The molecule has 1 unspecified atom stereocenters. The molecule has 0 heterocycles. The van der Waals surface area contributed by atoms with E-state index in [1.807, 2.05) is 19.1 Å². The Bertz CT molecular complexity index is 635. The van der Waals surface area contributed by atoms with Gasteiger partial charge in [0.1, 0.15) is 5.82 Å². The van der Waals surface area contributed by atoms with E-state index in [0.29, 0.717) is 22.8 Å². The van der Waals surface area contributed by atoms with Gasteiger partial charge in [-0.3, -0.25) is 0 Å². The van der Waals surface area contributed by atoms with Crippen LogP contribution in [0, 0.1) is 12.7 Å². The van der Waals surface area contributed by atoms with Crippen molar-refractivity contribution in [1.29, 1.82) is 0 Å². The minimum Gasteiger partial charge on any atom is -0.328 e. The summed E-state index contributed by atoms with van der Waals surface area (Å²) in [7, 11) is 2.48. The highest BCUT2D eigenvalue weighted by Gasteiger charge is 2.19. The Kier molecular flexibility index (Phi) is 4.61. The standard InChI is InChI=1S/C19H23FNP/c1-12-10-16(11-18(22)19(12)20)15-4-2-13(3-5-15)14-6-8-17(21)9-7-14/h2-5,10-11,14,17H,6-9,21-22H2,1H3. The van der Waals surface area contributed by atoms with Crippen LogP contribution < -0.4 is 11.0 Å². The molecule has 0 amide bonds. The topological polar surface area (TPSA) is 26.0 Å². The molecule has 1 aliphatic rings. The Morgan fingerprint density at radius 1 is 1.00 bits per heavy atom. The molecular formula is C19H23FNP. The second-order valence-electron chi connectivity index (χ2n) is 6.43. The van der Waals surface area contributed by atoms with Gasteiger partial charge in [-0.1, -0.05) is 24.3 Å². The first-order valence-electron chi connectivity index (χ1n) is 7.96. The predicted octanol–water partition coefficient (Wildman–Crippen LogP) is 4.29. The fraction of sp³-hybridized carbons (Fsp3) is 0.368. The number of rotatable bonds is 2. The lowest BCUT2D eigenvalue weighted by atomic mass is 9.82. The molecule has 2 N–H and O–H groups in total. The van der Waals surface area contributed by atoms with Crippen LogP contribution in [0.3, 0.4) is 0 Å². The number of nitrogens with two attached hydrogens (primary N) is 1. The zero-order valence-corrected chi connectivity index (χ0v) is 14.1. The molecule has 0 saturated heterocycles. The minimum absolute atomic E-state index is 0.135. The van der Waals surface area contributed by atoms with Gasteiger partial charge in [-0.05, 0) is 72.9 Å². The number of benzene rings is 2. The summed E-state index contributed by atoms with van der Waals surface area (Å²) in [5.74, 6) is 0.505. The van der Waals surface area contributed by atoms with Gasteiger partial charge < -0.3 is 5.73 Å². The van der Waals surface area contributed by atoms with Crippen molar-refractivity contribution in [3.05, 3.63) is 53.3 Å². The maximum atomic E-state index is 13.7. The van der Waals surface area contributed by atoms with Gasteiger partial charge in [0.25, 0.3) is 0 Å². The van der Waals surface area contributed by atoms with E-state index < -0.39 is 0 Å². The monoisotopic (exact) mass is 315 g/mol. The molecule has 0 bridgehead atoms. The van der Waals surface area contributed by atoms with Crippen LogP contribution in [0.1, 0.15) is 42.7 Å². The maximum absolute atomic E-state index is 13.7. The smallest absolute Gasteiger partial charge is 0.133 e. The van der Waals surface area contributed by atoms with Crippen molar-refractivity contribution in [3.8, 4) is 11.1 Å². The Labute approximate surface area is 134 Å². The van der Waals surface area contributed by atoms with E-state index in [-0.39, 0.29) is 5.82 Å². The largest absolute Gasteiger partial charge is 0.328 e. The SMILES string of the molecule is Cc1cc(-c2ccc(C3CCC(N)CC3)cc2)cc(P)c1F. The minimum atomic E-state index is -0.135. The van der Waals surface area contributed by atoms with Crippen LogP contribution in [0.5, 0.6) is 0 Å². The van der Waals surface area contributed by atoms with Crippen LogP contribution >= 0.6 is 9.24 Å². The molecule has 0 spiro atoms. The number of aryl methyl sites for hydroxylation is 1. The molecule has 1 atom stereocenters. The summed E-state index contributed by atoms with van der Waals surface area (Å²) in [5, 5.41) is 0.625. The van der Waals surface area contributed by atoms with E-state index in [4.69, 9.17) is 5.73 Å². The highest BCUT2D eigenvalue weighted by atomic mass is 31.0. The third-order valence-electron chi connectivity index (χ3n) is 4.77. The molecule has 22 heavy (non-hydrogen) atoms. The normalized spacial score (nSPS) is 21.8. The van der Waals surface area contributed by atoms with Crippen LogP contribution in [0.4, 0.5) is 4.39 Å². The van der Waals surface area contributed by atoms with Gasteiger partial charge in [0.15, 0.2) is 0 Å². The summed E-state index contributed by atoms with van der Waals surface area (Å²) >= 11 is 0. The average Bonchev–Trinajstić information content (AvgIpc) is 2.53. The van der Waals surface area contributed by atoms with Crippen LogP contribution in [-0.4, -0.2) is 6.04 Å². The van der Waals surface area contributed by atoms with Crippen LogP contribution in [-0.2, 0) is 0 Å². The molecule has 3 heteroatoms. The molecule has 1 saturated carbocycles. The Morgan fingerprint density at radius 3 is 2.23 bits per heavy atom. The number of halogens is 1. The summed E-state index contributed by atoms with van der Waals surface area (Å²) in [6.07, 6.45) is 4.62. The van der Waals surface area contributed by atoms with Gasteiger partial charge >= 0.3 is 0 Å². The maximum Gasteiger partial charge on any atom is 0.133 e. The molecule has 0 radical (unpaired) electrons. The first-order valence-corrected chi connectivity index (χ1v) is 8.54. The lowest BCUT2D eigenvalue weighted by Crippen LogP contribution is -2.25. The van der Waals surface area contributed by atoms with Gasteiger partial charge in [-0.25, -0.2) is 4.39 Å².